The second-order valence-electron chi connectivity index (χ2n) is 7.31. The van der Waals surface area contributed by atoms with Crippen molar-refractivity contribution in [1.82, 2.24) is 4.98 Å². The Labute approximate surface area is 148 Å². The molecular formula is C24H19N. The molecule has 1 aromatic heterocycles. The first-order valence-corrected chi connectivity index (χ1v) is 8.75. The molecule has 5 rings (SSSR count). The van der Waals surface area contributed by atoms with E-state index in [0.717, 1.165) is 5.69 Å². The van der Waals surface area contributed by atoms with Crippen LogP contribution in [0.2, 0.25) is 0 Å². The molecule has 0 fully saturated rings. The van der Waals surface area contributed by atoms with Crippen LogP contribution in [0.3, 0.4) is 0 Å². The van der Waals surface area contributed by atoms with Crippen molar-refractivity contribution >= 4 is 10.8 Å². The van der Waals surface area contributed by atoms with Crippen molar-refractivity contribution in [2.45, 2.75) is 19.3 Å². The van der Waals surface area contributed by atoms with Crippen LogP contribution in [0, 0.1) is 0 Å². The quantitative estimate of drug-likeness (QED) is 0.406. The molecule has 0 N–H and O–H groups in total. The number of fused-ring (bicyclic) bond motifs is 4. The summed E-state index contributed by atoms with van der Waals surface area (Å²) in [5.41, 5.74) is 7.80. The summed E-state index contributed by atoms with van der Waals surface area (Å²) >= 11 is 0. The van der Waals surface area contributed by atoms with Crippen molar-refractivity contribution in [2.24, 2.45) is 0 Å². The monoisotopic (exact) mass is 321 g/mol. The van der Waals surface area contributed by atoms with Gasteiger partial charge in [-0.15, -0.1) is 0 Å². The summed E-state index contributed by atoms with van der Waals surface area (Å²) in [5, 5.41) is 2.43. The number of pyridine rings is 1. The number of aromatic nitrogens is 1. The first-order valence-electron chi connectivity index (χ1n) is 8.75. The lowest BCUT2D eigenvalue weighted by Crippen LogP contribution is -2.14. The van der Waals surface area contributed by atoms with Gasteiger partial charge in [0.1, 0.15) is 0 Å². The largest absolute Gasteiger partial charge is 0.256 e. The molecule has 0 amide bonds. The van der Waals surface area contributed by atoms with Gasteiger partial charge < -0.3 is 0 Å². The van der Waals surface area contributed by atoms with E-state index in [9.17, 15) is 0 Å². The third kappa shape index (κ3) is 1.99. The van der Waals surface area contributed by atoms with Gasteiger partial charge in [-0.25, -0.2) is 0 Å². The number of hydrogen-bond donors (Lipinski definition) is 0. The van der Waals surface area contributed by atoms with Crippen LogP contribution in [-0.4, -0.2) is 4.98 Å². The smallest absolute Gasteiger partial charge is 0.0780 e. The molecule has 0 spiro atoms. The van der Waals surface area contributed by atoms with Crippen LogP contribution in [0.25, 0.3) is 33.2 Å². The van der Waals surface area contributed by atoms with Gasteiger partial charge in [-0.3, -0.25) is 4.98 Å². The Balaban J connectivity index is 1.78. The molecule has 1 nitrogen and oxygen atoms in total. The zero-order valence-electron chi connectivity index (χ0n) is 14.5. The molecule has 0 saturated carbocycles. The average molecular weight is 321 g/mol. The van der Waals surface area contributed by atoms with E-state index < -0.39 is 0 Å². The second kappa shape index (κ2) is 5.03. The van der Waals surface area contributed by atoms with Crippen molar-refractivity contribution in [1.29, 1.82) is 0 Å². The van der Waals surface area contributed by atoms with Crippen LogP contribution in [0.15, 0.2) is 79.0 Å². The Morgan fingerprint density at radius 2 is 1.48 bits per heavy atom. The number of benzene rings is 3. The molecule has 25 heavy (non-hydrogen) atoms. The molecule has 1 aliphatic rings. The molecule has 1 aliphatic carbocycles. The maximum Gasteiger partial charge on any atom is 0.0780 e. The molecule has 0 aliphatic heterocycles. The highest BCUT2D eigenvalue weighted by molar-refractivity contribution is 5.96. The maximum absolute atomic E-state index is 4.69. The van der Waals surface area contributed by atoms with Crippen molar-refractivity contribution in [3.8, 4) is 22.4 Å². The maximum atomic E-state index is 4.69. The fourth-order valence-corrected chi connectivity index (χ4v) is 4.22. The predicted octanol–water partition coefficient (Wildman–Crippen LogP) is 6.21. The van der Waals surface area contributed by atoms with E-state index in [1.165, 1.54) is 38.6 Å². The molecule has 0 bridgehead atoms. The highest BCUT2D eigenvalue weighted by Gasteiger charge is 2.35. The van der Waals surface area contributed by atoms with E-state index in [0.29, 0.717) is 0 Å². The summed E-state index contributed by atoms with van der Waals surface area (Å²) in [7, 11) is 0. The lowest BCUT2D eigenvalue weighted by Gasteiger charge is -2.21. The standard InChI is InChI=1S/C24H19N/c1-24(2)21-10-6-5-9-19(21)20-15-17(11-12-22(20)24)23-18-8-4-3-7-16(18)13-14-25-23/h3-15H,1-2H3. The Morgan fingerprint density at radius 1 is 0.720 bits per heavy atom. The Bertz CT molecular complexity index is 1120. The summed E-state index contributed by atoms with van der Waals surface area (Å²) in [4.78, 5) is 4.69. The highest BCUT2D eigenvalue weighted by atomic mass is 14.7. The fraction of sp³-hybridized carbons (Fsp3) is 0.125. The fourth-order valence-electron chi connectivity index (χ4n) is 4.22. The molecule has 120 valence electrons. The summed E-state index contributed by atoms with van der Waals surface area (Å²) < 4.78 is 0. The molecule has 0 saturated heterocycles. The van der Waals surface area contributed by atoms with Crippen LogP contribution in [0.5, 0.6) is 0 Å². The average Bonchev–Trinajstić information content (AvgIpc) is 2.89. The lowest BCUT2D eigenvalue weighted by molar-refractivity contribution is 0.660. The van der Waals surface area contributed by atoms with E-state index in [4.69, 9.17) is 4.98 Å². The zero-order valence-corrected chi connectivity index (χ0v) is 14.5. The summed E-state index contributed by atoms with van der Waals surface area (Å²) in [5.74, 6) is 0. The number of hydrogen-bond acceptors (Lipinski definition) is 1. The van der Waals surface area contributed by atoms with Crippen molar-refractivity contribution in [3.63, 3.8) is 0 Å². The second-order valence-corrected chi connectivity index (χ2v) is 7.31. The zero-order chi connectivity index (χ0) is 17.0. The Morgan fingerprint density at radius 3 is 2.40 bits per heavy atom. The van der Waals surface area contributed by atoms with Gasteiger partial charge in [0.25, 0.3) is 0 Å². The van der Waals surface area contributed by atoms with Gasteiger partial charge >= 0.3 is 0 Å². The summed E-state index contributed by atoms with van der Waals surface area (Å²) in [6.45, 7) is 4.63. The molecule has 0 radical (unpaired) electrons. The molecule has 0 atom stereocenters. The topological polar surface area (TPSA) is 12.9 Å². The number of rotatable bonds is 1. The van der Waals surface area contributed by atoms with Gasteiger partial charge in [0, 0.05) is 22.6 Å². The van der Waals surface area contributed by atoms with E-state index >= 15 is 0 Å². The Kier molecular flexibility index (Phi) is 2.90. The van der Waals surface area contributed by atoms with E-state index in [1.54, 1.807) is 0 Å². The van der Waals surface area contributed by atoms with Gasteiger partial charge in [-0.1, -0.05) is 74.5 Å². The van der Waals surface area contributed by atoms with Crippen molar-refractivity contribution in [2.75, 3.05) is 0 Å². The molecule has 0 unspecified atom stereocenters. The minimum Gasteiger partial charge on any atom is -0.256 e. The molecule has 4 aromatic rings. The molecule has 1 heterocycles. The third-order valence-corrected chi connectivity index (χ3v) is 5.53. The summed E-state index contributed by atoms with van der Waals surface area (Å²) in [6, 6.07) is 26.1. The predicted molar refractivity (Wildman–Crippen MR) is 105 cm³/mol. The van der Waals surface area contributed by atoms with Crippen LogP contribution in [0.4, 0.5) is 0 Å². The van der Waals surface area contributed by atoms with Crippen molar-refractivity contribution in [3.05, 3.63) is 90.1 Å². The normalized spacial score (nSPS) is 14.3. The van der Waals surface area contributed by atoms with Crippen LogP contribution >= 0.6 is 0 Å². The van der Waals surface area contributed by atoms with Gasteiger partial charge in [-0.2, -0.15) is 0 Å². The minimum absolute atomic E-state index is 0.0522. The van der Waals surface area contributed by atoms with Crippen LogP contribution in [0.1, 0.15) is 25.0 Å². The van der Waals surface area contributed by atoms with E-state index in [-0.39, 0.29) is 5.41 Å². The molecule has 3 aromatic carbocycles. The lowest BCUT2D eigenvalue weighted by atomic mass is 9.82. The van der Waals surface area contributed by atoms with Gasteiger partial charge in [0.2, 0.25) is 0 Å². The van der Waals surface area contributed by atoms with E-state index in [2.05, 4.69) is 86.6 Å². The molecular weight excluding hydrogens is 302 g/mol. The first kappa shape index (κ1) is 14.4. The van der Waals surface area contributed by atoms with Gasteiger partial charge in [0.05, 0.1) is 5.69 Å². The summed E-state index contributed by atoms with van der Waals surface area (Å²) in [6.07, 6.45) is 1.91. The first-order chi connectivity index (χ1) is 12.2. The number of nitrogens with zero attached hydrogens (tertiary/aromatic N) is 1. The molecule has 1 heteroatoms. The van der Waals surface area contributed by atoms with Crippen molar-refractivity contribution < 1.29 is 0 Å². The van der Waals surface area contributed by atoms with Crippen LogP contribution < -0.4 is 0 Å². The minimum atomic E-state index is 0.0522. The van der Waals surface area contributed by atoms with Crippen LogP contribution in [-0.2, 0) is 5.41 Å². The van der Waals surface area contributed by atoms with E-state index in [1.807, 2.05) is 6.20 Å². The van der Waals surface area contributed by atoms with Gasteiger partial charge in [0.15, 0.2) is 0 Å². The third-order valence-electron chi connectivity index (χ3n) is 5.53. The SMILES string of the molecule is CC1(C)c2ccccc2-c2cc(-c3nccc4ccccc34)ccc21. The van der Waals surface area contributed by atoms with Gasteiger partial charge in [-0.05, 0) is 39.8 Å². The highest BCUT2D eigenvalue weighted by Crippen LogP contribution is 2.49. The Hall–Kier alpha value is -2.93.